The number of aliphatic hydroxyl groups is 1. The van der Waals surface area contributed by atoms with E-state index in [0.717, 1.165) is 4.68 Å². The van der Waals surface area contributed by atoms with Crippen LogP contribution in [0.25, 0.3) is 0 Å². The molecule has 102 valence electrons. The lowest BCUT2D eigenvalue weighted by molar-refractivity contribution is 0.122. The Morgan fingerprint density at radius 3 is 2.89 bits per heavy atom. The van der Waals surface area contributed by atoms with Gasteiger partial charge in [-0.1, -0.05) is 0 Å². The van der Waals surface area contributed by atoms with Crippen molar-refractivity contribution >= 4 is 11.8 Å². The molecule has 1 unspecified atom stereocenters. The zero-order valence-electron chi connectivity index (χ0n) is 10.2. The van der Waals surface area contributed by atoms with E-state index in [1.54, 1.807) is 6.92 Å². The highest BCUT2D eigenvalue weighted by atomic mass is 19.3. The molecule has 0 aliphatic rings. The number of rotatable bonds is 5. The monoisotopic (exact) mass is 262 g/mol. The van der Waals surface area contributed by atoms with Crippen LogP contribution in [0.4, 0.5) is 19.4 Å². The second kappa shape index (κ2) is 6.29. The van der Waals surface area contributed by atoms with Crippen molar-refractivity contribution in [2.24, 2.45) is 0 Å². The molecule has 0 fully saturated rings. The number of nitrogens with zero attached hydrogens (tertiary/aromatic N) is 3. The van der Waals surface area contributed by atoms with Gasteiger partial charge in [0.25, 0.3) is 6.43 Å². The van der Waals surface area contributed by atoms with Crippen LogP contribution < -0.4 is 5.32 Å². The fourth-order valence-corrected chi connectivity index (χ4v) is 1.19. The van der Waals surface area contributed by atoms with E-state index >= 15 is 0 Å². The molecule has 0 aliphatic heterocycles. The molecule has 2 N–H and O–H groups in total. The summed E-state index contributed by atoms with van der Waals surface area (Å²) in [7, 11) is 1.52. The van der Waals surface area contributed by atoms with Gasteiger partial charge in [-0.25, -0.2) is 13.6 Å². The third-order valence-electron chi connectivity index (χ3n) is 2.45. The van der Waals surface area contributed by atoms with Crippen LogP contribution in [0.3, 0.4) is 0 Å². The predicted molar refractivity (Wildman–Crippen MR) is 61.6 cm³/mol. The minimum absolute atomic E-state index is 0.163. The number of carbonyl (C=O) groups excluding carboxylic acids is 1. The maximum Gasteiger partial charge on any atom is 0.323 e. The van der Waals surface area contributed by atoms with Gasteiger partial charge in [-0.05, 0) is 6.92 Å². The van der Waals surface area contributed by atoms with Crippen molar-refractivity contribution in [2.45, 2.75) is 25.9 Å². The number of amides is 2. The van der Waals surface area contributed by atoms with Gasteiger partial charge in [0.15, 0.2) is 5.82 Å². The lowest BCUT2D eigenvalue weighted by Crippen LogP contribution is -2.40. The number of hydrogen-bond acceptors (Lipinski definition) is 3. The van der Waals surface area contributed by atoms with Gasteiger partial charge in [-0.15, -0.1) is 0 Å². The summed E-state index contributed by atoms with van der Waals surface area (Å²) in [6, 6.07) is 0.629. The summed E-state index contributed by atoms with van der Waals surface area (Å²) in [5.41, 5.74) is 0. The fraction of sp³-hybridized carbons (Fsp3) is 0.600. The summed E-state index contributed by atoms with van der Waals surface area (Å²) >= 11 is 0. The lowest BCUT2D eigenvalue weighted by atomic mass is 10.3. The fourth-order valence-electron chi connectivity index (χ4n) is 1.19. The van der Waals surface area contributed by atoms with Gasteiger partial charge in [0.05, 0.1) is 12.6 Å². The molecule has 0 radical (unpaired) electrons. The van der Waals surface area contributed by atoms with Crippen LogP contribution in [0.5, 0.6) is 0 Å². The molecule has 6 nitrogen and oxygen atoms in total. The number of aromatic nitrogens is 2. The highest BCUT2D eigenvalue weighted by molar-refractivity contribution is 5.88. The van der Waals surface area contributed by atoms with E-state index in [1.165, 1.54) is 24.2 Å². The number of anilines is 1. The van der Waals surface area contributed by atoms with Crippen LogP contribution >= 0.6 is 0 Å². The van der Waals surface area contributed by atoms with Crippen molar-refractivity contribution in [1.82, 2.24) is 14.7 Å². The molecule has 0 bridgehead atoms. The summed E-state index contributed by atoms with van der Waals surface area (Å²) in [5.74, 6) is 0.192. The molecule has 0 spiro atoms. The van der Waals surface area contributed by atoms with Crippen molar-refractivity contribution in [3.63, 3.8) is 0 Å². The number of alkyl halides is 2. The summed E-state index contributed by atoms with van der Waals surface area (Å²) < 4.78 is 25.2. The van der Waals surface area contributed by atoms with Gasteiger partial charge in [0.1, 0.15) is 6.54 Å². The van der Waals surface area contributed by atoms with Gasteiger partial charge >= 0.3 is 6.03 Å². The van der Waals surface area contributed by atoms with E-state index in [0.29, 0.717) is 0 Å². The highest BCUT2D eigenvalue weighted by Gasteiger charge is 2.16. The predicted octanol–water partition coefficient (Wildman–Crippen LogP) is 0.993. The SMILES string of the molecule is CC(CO)N(C)C(=O)Nc1ccn(CC(F)F)n1. The van der Waals surface area contributed by atoms with Crippen LogP contribution in [0.15, 0.2) is 12.3 Å². The maximum atomic E-state index is 12.1. The first-order chi connectivity index (χ1) is 8.43. The molecule has 1 aromatic rings. The first-order valence-electron chi connectivity index (χ1n) is 5.40. The van der Waals surface area contributed by atoms with Gasteiger partial charge in [0, 0.05) is 19.3 Å². The molecular formula is C10H16F2N4O2. The molecule has 0 saturated heterocycles. The van der Waals surface area contributed by atoms with E-state index in [9.17, 15) is 13.6 Å². The molecule has 0 aliphatic carbocycles. The Balaban J connectivity index is 2.57. The van der Waals surface area contributed by atoms with E-state index in [4.69, 9.17) is 5.11 Å². The first-order valence-corrected chi connectivity index (χ1v) is 5.40. The first kappa shape index (κ1) is 14.4. The number of urea groups is 1. The summed E-state index contributed by atoms with van der Waals surface area (Å²) in [5, 5.41) is 15.1. The Bertz CT molecular complexity index is 397. The summed E-state index contributed by atoms with van der Waals surface area (Å²) in [6.07, 6.45) is -1.14. The number of likely N-dealkylation sites (N-methyl/N-ethyl adjacent to an activating group) is 1. The zero-order valence-corrected chi connectivity index (χ0v) is 10.2. The number of carbonyl (C=O) groups is 1. The molecule has 1 rings (SSSR count). The molecular weight excluding hydrogens is 246 g/mol. The van der Waals surface area contributed by atoms with Gasteiger partial charge in [-0.3, -0.25) is 10.00 Å². The second-order valence-electron chi connectivity index (χ2n) is 3.89. The van der Waals surface area contributed by atoms with Crippen molar-refractivity contribution in [3.05, 3.63) is 12.3 Å². The smallest absolute Gasteiger partial charge is 0.323 e. The molecule has 0 saturated carbocycles. The zero-order chi connectivity index (χ0) is 13.7. The van der Waals surface area contributed by atoms with Gasteiger partial charge in [-0.2, -0.15) is 5.10 Å². The Morgan fingerprint density at radius 2 is 2.33 bits per heavy atom. The van der Waals surface area contributed by atoms with Crippen molar-refractivity contribution in [2.75, 3.05) is 19.0 Å². The third-order valence-corrected chi connectivity index (χ3v) is 2.45. The van der Waals surface area contributed by atoms with Crippen LogP contribution in [-0.2, 0) is 6.54 Å². The molecule has 18 heavy (non-hydrogen) atoms. The number of hydrogen-bond donors (Lipinski definition) is 2. The molecule has 1 aromatic heterocycles. The Kier molecular flexibility index (Phi) is 5.02. The average Bonchev–Trinajstić information content (AvgIpc) is 2.73. The normalized spacial score (nSPS) is 12.6. The largest absolute Gasteiger partial charge is 0.394 e. The number of nitrogens with one attached hydrogen (secondary N) is 1. The van der Waals surface area contributed by atoms with Crippen molar-refractivity contribution < 1.29 is 18.7 Å². The van der Waals surface area contributed by atoms with E-state index in [-0.39, 0.29) is 18.5 Å². The molecule has 1 atom stereocenters. The highest BCUT2D eigenvalue weighted by Crippen LogP contribution is 2.07. The Labute approximate surface area is 103 Å². The summed E-state index contributed by atoms with van der Waals surface area (Å²) in [6.45, 7) is 0.997. The van der Waals surface area contributed by atoms with Gasteiger partial charge < -0.3 is 10.0 Å². The van der Waals surface area contributed by atoms with E-state index < -0.39 is 19.0 Å². The minimum atomic E-state index is -2.49. The molecule has 2 amide bonds. The topological polar surface area (TPSA) is 70.4 Å². The number of aliphatic hydroxyl groups excluding tert-OH is 1. The van der Waals surface area contributed by atoms with E-state index in [1.807, 2.05) is 0 Å². The molecule has 1 heterocycles. The lowest BCUT2D eigenvalue weighted by Gasteiger charge is -2.22. The maximum absolute atomic E-state index is 12.1. The average molecular weight is 262 g/mol. The Hall–Kier alpha value is -1.70. The second-order valence-corrected chi connectivity index (χ2v) is 3.89. The van der Waals surface area contributed by atoms with Crippen LogP contribution in [0.1, 0.15) is 6.92 Å². The van der Waals surface area contributed by atoms with Crippen LogP contribution in [0, 0.1) is 0 Å². The van der Waals surface area contributed by atoms with Crippen LogP contribution in [0.2, 0.25) is 0 Å². The van der Waals surface area contributed by atoms with Gasteiger partial charge in [0.2, 0.25) is 0 Å². The van der Waals surface area contributed by atoms with Crippen molar-refractivity contribution in [3.8, 4) is 0 Å². The molecule has 8 heteroatoms. The Morgan fingerprint density at radius 1 is 1.67 bits per heavy atom. The molecule has 0 aromatic carbocycles. The van der Waals surface area contributed by atoms with Crippen LogP contribution in [-0.4, -0.2) is 51.9 Å². The standard InChI is InChI=1S/C10H16F2N4O2/c1-7(6-17)15(2)10(18)13-9-3-4-16(14-9)5-8(11)12/h3-4,7-8,17H,5-6H2,1-2H3,(H,13,14,18). The quantitative estimate of drug-likeness (QED) is 0.831. The summed E-state index contributed by atoms with van der Waals surface area (Å²) in [4.78, 5) is 12.9. The number of halogens is 2. The minimum Gasteiger partial charge on any atom is -0.394 e. The van der Waals surface area contributed by atoms with Crippen molar-refractivity contribution in [1.29, 1.82) is 0 Å². The van der Waals surface area contributed by atoms with E-state index in [2.05, 4.69) is 10.4 Å². The third kappa shape index (κ3) is 3.95.